The Hall–Kier alpha value is -2.87. The van der Waals surface area contributed by atoms with Crippen LogP contribution in [0.3, 0.4) is 0 Å². The molecule has 0 N–H and O–H groups in total. The van der Waals surface area contributed by atoms with Gasteiger partial charge >= 0.3 is 0 Å². The third-order valence-electron chi connectivity index (χ3n) is 4.35. The van der Waals surface area contributed by atoms with Crippen LogP contribution in [0.4, 0.5) is 4.39 Å². The zero-order chi connectivity index (χ0) is 20.8. The van der Waals surface area contributed by atoms with Crippen molar-refractivity contribution in [2.75, 3.05) is 19.4 Å². The van der Waals surface area contributed by atoms with Crippen molar-refractivity contribution in [1.29, 1.82) is 0 Å². The molecule has 0 fully saturated rings. The number of hydrogen-bond donors (Lipinski definition) is 0. The maximum atomic E-state index is 14.0. The molecule has 0 atom stereocenters. The molecule has 0 saturated heterocycles. The summed E-state index contributed by atoms with van der Waals surface area (Å²) in [5, 5.41) is 8.74. The van der Waals surface area contributed by atoms with Gasteiger partial charge in [0.25, 0.3) is 0 Å². The van der Waals surface area contributed by atoms with E-state index < -0.39 is 0 Å². The number of carbonyl (C=O) groups excluding carboxylic acids is 1. The van der Waals surface area contributed by atoms with E-state index in [4.69, 9.17) is 4.74 Å². The minimum absolute atomic E-state index is 0.0284. The van der Waals surface area contributed by atoms with Gasteiger partial charge in [0, 0.05) is 20.6 Å². The van der Waals surface area contributed by atoms with Crippen molar-refractivity contribution in [2.45, 2.75) is 18.6 Å². The maximum absolute atomic E-state index is 14.0. The van der Waals surface area contributed by atoms with E-state index in [2.05, 4.69) is 10.2 Å². The molecule has 0 aliphatic rings. The molecule has 1 aromatic heterocycles. The Morgan fingerprint density at radius 3 is 2.59 bits per heavy atom. The summed E-state index contributed by atoms with van der Waals surface area (Å²) >= 11 is 1.28. The average molecular weight is 415 g/mol. The summed E-state index contributed by atoms with van der Waals surface area (Å²) in [5.74, 6) is 1.08. The Morgan fingerprint density at radius 1 is 1.17 bits per heavy atom. The lowest BCUT2D eigenvalue weighted by Gasteiger charge is -2.17. The second-order valence-electron chi connectivity index (χ2n) is 6.46. The molecule has 6 nitrogen and oxygen atoms in total. The Labute approximate surface area is 173 Å². The molecule has 1 amide bonds. The van der Waals surface area contributed by atoms with Crippen LogP contribution in [0.15, 0.2) is 53.7 Å². The molecular weight excluding hydrogens is 391 g/mol. The van der Waals surface area contributed by atoms with E-state index in [0.717, 1.165) is 11.3 Å². The molecule has 0 spiro atoms. The number of rotatable bonds is 8. The SMILES string of the molecule is CCOc1ccc(CN(C)C(=O)CSc2nnc(-c3ccccc3F)n2C)cc1. The average Bonchev–Trinajstić information content (AvgIpc) is 3.08. The Kier molecular flexibility index (Phi) is 6.87. The van der Waals surface area contributed by atoms with Crippen molar-refractivity contribution in [3.05, 3.63) is 59.9 Å². The quantitative estimate of drug-likeness (QED) is 0.525. The van der Waals surface area contributed by atoms with Gasteiger partial charge in [0.2, 0.25) is 5.91 Å². The zero-order valence-corrected chi connectivity index (χ0v) is 17.4. The van der Waals surface area contributed by atoms with Crippen LogP contribution >= 0.6 is 11.8 Å². The molecule has 0 aliphatic carbocycles. The number of carbonyl (C=O) groups is 1. The molecule has 1 heterocycles. The maximum Gasteiger partial charge on any atom is 0.233 e. The number of amides is 1. The number of aromatic nitrogens is 3. The molecule has 0 radical (unpaired) electrons. The third-order valence-corrected chi connectivity index (χ3v) is 5.36. The standard InChI is InChI=1S/C21H23FN4O2S/c1-4-28-16-11-9-15(10-12-16)13-25(2)19(27)14-29-21-24-23-20(26(21)3)17-7-5-6-8-18(17)22/h5-12H,4,13-14H2,1-3H3. The molecule has 8 heteroatoms. The van der Waals surface area contributed by atoms with E-state index in [-0.39, 0.29) is 17.5 Å². The van der Waals surface area contributed by atoms with Gasteiger partial charge in [0.15, 0.2) is 11.0 Å². The van der Waals surface area contributed by atoms with Crippen molar-refractivity contribution in [3.8, 4) is 17.1 Å². The van der Waals surface area contributed by atoms with E-state index in [9.17, 15) is 9.18 Å². The molecule has 152 valence electrons. The molecule has 3 aromatic rings. The van der Waals surface area contributed by atoms with Crippen LogP contribution in [0.2, 0.25) is 0 Å². The number of nitrogens with zero attached hydrogens (tertiary/aromatic N) is 4. The van der Waals surface area contributed by atoms with Gasteiger partial charge in [-0.15, -0.1) is 10.2 Å². The minimum atomic E-state index is -0.356. The van der Waals surface area contributed by atoms with E-state index in [0.29, 0.717) is 29.7 Å². The largest absolute Gasteiger partial charge is 0.494 e. The van der Waals surface area contributed by atoms with Crippen LogP contribution < -0.4 is 4.74 Å². The first-order valence-electron chi connectivity index (χ1n) is 9.22. The highest BCUT2D eigenvalue weighted by Gasteiger charge is 2.17. The van der Waals surface area contributed by atoms with Crippen LogP contribution in [0.1, 0.15) is 12.5 Å². The van der Waals surface area contributed by atoms with Gasteiger partial charge in [-0.05, 0) is 36.8 Å². The van der Waals surface area contributed by atoms with E-state index in [1.807, 2.05) is 31.2 Å². The number of hydrogen-bond acceptors (Lipinski definition) is 5. The highest BCUT2D eigenvalue weighted by Crippen LogP contribution is 2.24. The Morgan fingerprint density at radius 2 is 1.90 bits per heavy atom. The fraction of sp³-hybridized carbons (Fsp3) is 0.286. The van der Waals surface area contributed by atoms with E-state index in [1.54, 1.807) is 41.8 Å². The number of ether oxygens (including phenoxy) is 1. The Balaban J connectivity index is 1.58. The number of halogens is 1. The van der Waals surface area contributed by atoms with Crippen LogP contribution in [0.5, 0.6) is 5.75 Å². The van der Waals surface area contributed by atoms with Crippen molar-refractivity contribution in [3.63, 3.8) is 0 Å². The molecular formula is C21H23FN4O2S. The number of thioether (sulfide) groups is 1. The first-order valence-corrected chi connectivity index (χ1v) is 10.2. The molecule has 29 heavy (non-hydrogen) atoms. The van der Waals surface area contributed by atoms with Crippen molar-refractivity contribution >= 4 is 17.7 Å². The molecule has 0 aliphatic heterocycles. The smallest absolute Gasteiger partial charge is 0.233 e. The topological polar surface area (TPSA) is 60.2 Å². The molecule has 0 saturated carbocycles. The van der Waals surface area contributed by atoms with Crippen LogP contribution in [-0.4, -0.2) is 45.0 Å². The predicted octanol–water partition coefficient (Wildman–Crippen LogP) is 3.77. The summed E-state index contributed by atoms with van der Waals surface area (Å²) < 4.78 is 21.1. The fourth-order valence-electron chi connectivity index (χ4n) is 2.77. The summed E-state index contributed by atoms with van der Waals surface area (Å²) in [7, 11) is 3.53. The number of benzene rings is 2. The monoisotopic (exact) mass is 414 g/mol. The molecule has 0 unspecified atom stereocenters. The molecule has 0 bridgehead atoms. The predicted molar refractivity (Wildman–Crippen MR) is 111 cm³/mol. The summed E-state index contributed by atoms with van der Waals surface area (Å²) in [6.07, 6.45) is 0. The molecule has 2 aromatic carbocycles. The summed E-state index contributed by atoms with van der Waals surface area (Å²) in [5.41, 5.74) is 1.41. The van der Waals surface area contributed by atoms with Gasteiger partial charge in [0.1, 0.15) is 11.6 Å². The van der Waals surface area contributed by atoms with Gasteiger partial charge in [0.05, 0.1) is 17.9 Å². The van der Waals surface area contributed by atoms with Crippen LogP contribution in [0.25, 0.3) is 11.4 Å². The summed E-state index contributed by atoms with van der Waals surface area (Å²) in [4.78, 5) is 14.2. The normalized spacial score (nSPS) is 10.8. The third kappa shape index (κ3) is 5.14. The Bertz CT molecular complexity index is 975. The van der Waals surface area contributed by atoms with Crippen LogP contribution in [0, 0.1) is 5.82 Å². The van der Waals surface area contributed by atoms with E-state index >= 15 is 0 Å². The van der Waals surface area contributed by atoms with Crippen LogP contribution in [-0.2, 0) is 18.4 Å². The lowest BCUT2D eigenvalue weighted by molar-refractivity contribution is -0.127. The highest BCUT2D eigenvalue weighted by atomic mass is 32.2. The summed E-state index contributed by atoms with van der Waals surface area (Å²) in [6.45, 7) is 3.06. The van der Waals surface area contributed by atoms with Gasteiger partial charge in [-0.3, -0.25) is 4.79 Å². The van der Waals surface area contributed by atoms with Gasteiger partial charge in [-0.25, -0.2) is 4.39 Å². The second-order valence-corrected chi connectivity index (χ2v) is 7.40. The van der Waals surface area contributed by atoms with Crippen molar-refractivity contribution in [1.82, 2.24) is 19.7 Å². The summed E-state index contributed by atoms with van der Waals surface area (Å²) in [6, 6.07) is 14.1. The lowest BCUT2D eigenvalue weighted by Crippen LogP contribution is -2.27. The fourth-order valence-corrected chi connectivity index (χ4v) is 3.63. The minimum Gasteiger partial charge on any atom is -0.494 e. The zero-order valence-electron chi connectivity index (χ0n) is 16.6. The first kappa shape index (κ1) is 20.9. The van der Waals surface area contributed by atoms with Crippen molar-refractivity contribution < 1.29 is 13.9 Å². The van der Waals surface area contributed by atoms with Gasteiger partial charge < -0.3 is 14.2 Å². The van der Waals surface area contributed by atoms with E-state index in [1.165, 1.54) is 17.8 Å². The highest BCUT2D eigenvalue weighted by molar-refractivity contribution is 7.99. The van der Waals surface area contributed by atoms with Gasteiger partial charge in [-0.1, -0.05) is 36.0 Å². The first-order chi connectivity index (χ1) is 14.0. The van der Waals surface area contributed by atoms with Gasteiger partial charge in [-0.2, -0.15) is 0 Å². The lowest BCUT2D eigenvalue weighted by atomic mass is 10.2. The second kappa shape index (κ2) is 9.56. The molecule has 3 rings (SSSR count). The van der Waals surface area contributed by atoms with Crippen molar-refractivity contribution in [2.24, 2.45) is 7.05 Å².